The lowest BCUT2D eigenvalue weighted by molar-refractivity contribution is -0.249. The minimum absolute atomic E-state index is 0.0816. The molecule has 1 atom stereocenters. The molecule has 0 fully saturated rings. The Labute approximate surface area is 85.8 Å². The molecule has 0 aliphatic rings. The Morgan fingerprint density at radius 3 is 2.08 bits per heavy atom. The molecule has 80 valence electrons. The molecule has 0 saturated carbocycles. The van der Waals surface area contributed by atoms with Crippen LogP contribution in [0.3, 0.4) is 0 Å². The average Bonchev–Trinajstić information content (AvgIpc) is 1.78. The average molecular weight is 208 g/mol. The molecule has 0 saturated heterocycles. The molecule has 0 heterocycles. The lowest BCUT2D eigenvalue weighted by Crippen LogP contribution is -2.40. The predicted octanol–water partition coefficient (Wildman–Crippen LogP) is 1.80. The van der Waals surface area contributed by atoms with Gasteiger partial charge in [-0.25, -0.2) is 0 Å². The molecule has 0 aromatic carbocycles. The molecule has 0 aliphatic heterocycles. The molecule has 0 spiro atoms. The summed E-state index contributed by atoms with van der Waals surface area (Å²) in [4.78, 5) is -0.663. The van der Waals surface area contributed by atoms with Crippen LogP contribution < -0.4 is 0 Å². The Hall–Kier alpha value is 0.230. The summed E-state index contributed by atoms with van der Waals surface area (Å²) in [7, 11) is 0. The van der Waals surface area contributed by atoms with E-state index in [2.05, 4.69) is 12.6 Å². The van der Waals surface area contributed by atoms with Gasteiger partial charge >= 0.3 is 0 Å². The second kappa shape index (κ2) is 4.64. The first-order valence-corrected chi connectivity index (χ1v) is 4.84. The van der Waals surface area contributed by atoms with E-state index in [1.165, 1.54) is 0 Å². The third-order valence-electron chi connectivity index (χ3n) is 1.15. The number of ether oxygens (including phenoxy) is 2. The summed E-state index contributed by atoms with van der Waals surface area (Å²) in [6.07, 6.45) is 0.0816. The number of hydrogen-bond donors (Lipinski definition) is 2. The smallest absolute Gasteiger partial charge is 0.188 e. The van der Waals surface area contributed by atoms with Crippen LogP contribution in [0.4, 0.5) is 0 Å². The Balaban J connectivity index is 3.94. The van der Waals surface area contributed by atoms with Crippen LogP contribution in [0.25, 0.3) is 0 Å². The number of thiol groups is 1. The van der Waals surface area contributed by atoms with Gasteiger partial charge in [-0.2, -0.15) is 0 Å². The maximum atomic E-state index is 9.70. The van der Waals surface area contributed by atoms with E-state index in [1.807, 2.05) is 13.8 Å². The van der Waals surface area contributed by atoms with E-state index in [-0.39, 0.29) is 12.7 Å². The Bertz CT molecular complexity index is 149. The van der Waals surface area contributed by atoms with Gasteiger partial charge in [0.2, 0.25) is 0 Å². The summed E-state index contributed by atoms with van der Waals surface area (Å²) >= 11 is 4.15. The van der Waals surface area contributed by atoms with E-state index in [9.17, 15) is 5.11 Å². The topological polar surface area (TPSA) is 38.7 Å². The highest BCUT2D eigenvalue weighted by Gasteiger charge is 2.29. The van der Waals surface area contributed by atoms with Gasteiger partial charge < -0.3 is 14.6 Å². The van der Waals surface area contributed by atoms with Gasteiger partial charge in [0.25, 0.3) is 0 Å². The Kier molecular flexibility index (Phi) is 4.72. The normalized spacial score (nSPS) is 17.5. The van der Waals surface area contributed by atoms with E-state index < -0.39 is 10.7 Å². The van der Waals surface area contributed by atoms with Crippen LogP contribution >= 0.6 is 12.6 Å². The third-order valence-corrected chi connectivity index (χ3v) is 1.25. The molecule has 4 heteroatoms. The van der Waals surface area contributed by atoms with E-state index in [0.717, 1.165) is 0 Å². The van der Waals surface area contributed by atoms with Gasteiger partial charge in [0.05, 0.1) is 6.10 Å². The number of rotatable bonds is 5. The first-order chi connectivity index (χ1) is 5.62. The van der Waals surface area contributed by atoms with Crippen molar-refractivity contribution in [2.24, 2.45) is 0 Å². The van der Waals surface area contributed by atoms with Crippen molar-refractivity contribution in [3.05, 3.63) is 0 Å². The zero-order valence-electron chi connectivity index (χ0n) is 9.00. The van der Waals surface area contributed by atoms with Crippen molar-refractivity contribution in [3.8, 4) is 0 Å². The summed E-state index contributed by atoms with van der Waals surface area (Å²) < 4.78 is 10.5. The summed E-state index contributed by atoms with van der Waals surface area (Å²) in [5, 5.41) is 9.70. The van der Waals surface area contributed by atoms with Crippen molar-refractivity contribution in [2.75, 3.05) is 6.61 Å². The third kappa shape index (κ3) is 8.56. The molecule has 0 amide bonds. The van der Waals surface area contributed by atoms with Gasteiger partial charge in [0.15, 0.2) is 5.79 Å². The van der Waals surface area contributed by atoms with E-state index in [1.54, 1.807) is 20.8 Å². The van der Waals surface area contributed by atoms with Crippen molar-refractivity contribution < 1.29 is 14.6 Å². The summed E-state index contributed by atoms with van der Waals surface area (Å²) in [5.74, 6) is -1.28. The predicted molar refractivity (Wildman–Crippen MR) is 55.9 cm³/mol. The monoisotopic (exact) mass is 208 g/mol. The molecule has 13 heavy (non-hydrogen) atoms. The lowest BCUT2D eigenvalue weighted by Gasteiger charge is -2.31. The van der Waals surface area contributed by atoms with Crippen molar-refractivity contribution in [2.45, 2.75) is 51.4 Å². The van der Waals surface area contributed by atoms with Crippen LogP contribution in [0.1, 0.15) is 34.6 Å². The molecule has 0 rings (SSSR count). The Morgan fingerprint density at radius 2 is 1.77 bits per heavy atom. The second-order valence-corrected chi connectivity index (χ2v) is 5.16. The van der Waals surface area contributed by atoms with Crippen LogP contribution in [0.15, 0.2) is 0 Å². The summed E-state index contributed by atoms with van der Waals surface area (Å²) in [6, 6.07) is 0. The molecule has 0 aromatic rings. The Morgan fingerprint density at radius 1 is 1.31 bits per heavy atom. The first-order valence-electron chi connectivity index (χ1n) is 4.39. The van der Waals surface area contributed by atoms with Crippen molar-refractivity contribution in [1.82, 2.24) is 0 Å². The van der Waals surface area contributed by atoms with E-state index in [0.29, 0.717) is 0 Å². The van der Waals surface area contributed by atoms with Gasteiger partial charge in [0, 0.05) is 0 Å². The first kappa shape index (κ1) is 13.2. The van der Waals surface area contributed by atoms with Crippen LogP contribution in [0.2, 0.25) is 0 Å². The van der Waals surface area contributed by atoms with Crippen molar-refractivity contribution in [1.29, 1.82) is 0 Å². The largest absolute Gasteiger partial charge is 0.373 e. The van der Waals surface area contributed by atoms with Crippen LogP contribution in [-0.2, 0) is 9.47 Å². The van der Waals surface area contributed by atoms with Crippen LogP contribution in [0, 0.1) is 0 Å². The van der Waals surface area contributed by atoms with Gasteiger partial charge in [-0.1, -0.05) is 0 Å². The quantitative estimate of drug-likeness (QED) is 0.534. The van der Waals surface area contributed by atoms with Crippen molar-refractivity contribution >= 4 is 12.6 Å². The van der Waals surface area contributed by atoms with Crippen molar-refractivity contribution in [3.63, 3.8) is 0 Å². The van der Waals surface area contributed by atoms with E-state index in [4.69, 9.17) is 9.47 Å². The lowest BCUT2D eigenvalue weighted by atomic mass is 10.3. The zero-order chi connectivity index (χ0) is 10.7. The highest BCUT2D eigenvalue weighted by molar-refractivity contribution is 7.81. The fraction of sp³-hybridized carbons (Fsp3) is 1.00. The number of aliphatic hydroxyl groups is 1. The molecular weight excluding hydrogens is 188 g/mol. The molecule has 1 unspecified atom stereocenters. The minimum atomic E-state index is -1.28. The molecule has 0 aliphatic carbocycles. The fourth-order valence-corrected chi connectivity index (χ4v) is 1.09. The van der Waals surface area contributed by atoms with Crippen LogP contribution in [0.5, 0.6) is 0 Å². The zero-order valence-corrected chi connectivity index (χ0v) is 9.89. The molecular formula is C9H20O3S. The maximum Gasteiger partial charge on any atom is 0.188 e. The molecule has 3 nitrogen and oxygen atoms in total. The fourth-order valence-electron chi connectivity index (χ4n) is 0.889. The maximum absolute atomic E-state index is 9.70. The number of hydrogen-bond acceptors (Lipinski definition) is 4. The highest BCUT2D eigenvalue weighted by Crippen LogP contribution is 2.22. The molecule has 1 N–H and O–H groups in total. The summed E-state index contributed by atoms with van der Waals surface area (Å²) in [6.45, 7) is 9.05. The van der Waals surface area contributed by atoms with Gasteiger partial charge in [0.1, 0.15) is 11.5 Å². The minimum Gasteiger partial charge on any atom is -0.373 e. The SMILES string of the molecule is CC(C)OCC(C)(O)OC(C)(C)S. The van der Waals surface area contributed by atoms with Crippen LogP contribution in [-0.4, -0.2) is 28.5 Å². The van der Waals surface area contributed by atoms with Gasteiger partial charge in [-0.3, -0.25) is 0 Å². The summed E-state index contributed by atoms with van der Waals surface area (Å²) in [5.41, 5.74) is 0. The molecule has 0 bridgehead atoms. The van der Waals surface area contributed by atoms with Gasteiger partial charge in [-0.15, -0.1) is 12.6 Å². The highest BCUT2D eigenvalue weighted by atomic mass is 32.1. The standard InChI is InChI=1S/C9H20O3S/c1-7(2)11-6-9(5,10)12-8(3,4)13/h7,10,13H,6H2,1-5H3. The second-order valence-electron chi connectivity index (χ2n) is 4.08. The van der Waals surface area contributed by atoms with Gasteiger partial charge in [-0.05, 0) is 34.6 Å². The molecule has 0 radical (unpaired) electrons. The molecule has 0 aromatic heterocycles. The van der Waals surface area contributed by atoms with E-state index >= 15 is 0 Å².